The highest BCUT2D eigenvalue weighted by molar-refractivity contribution is 7.47. The number of ether oxygens (including phenoxy) is 4. The van der Waals surface area contributed by atoms with Crippen LogP contribution in [0.15, 0.2) is 24.3 Å². The van der Waals surface area contributed by atoms with Gasteiger partial charge in [-0.1, -0.05) is 297 Å². The third-order valence-corrected chi connectivity index (χ3v) is 18.8. The maximum atomic E-state index is 13.0. The molecule has 0 aliphatic carbocycles. The Morgan fingerprint density at radius 3 is 0.957 bits per heavy atom. The van der Waals surface area contributed by atoms with E-state index in [2.05, 4.69) is 72.8 Å². The fraction of sp³-hybridized carbons (Fsp3) is 0.892. The Morgan fingerprint density at radius 2 is 0.634 bits per heavy atom. The van der Waals surface area contributed by atoms with E-state index in [1.54, 1.807) is 0 Å². The minimum atomic E-state index is -4.96. The highest BCUT2D eigenvalue weighted by atomic mass is 31.2. The summed E-state index contributed by atoms with van der Waals surface area (Å²) in [5.74, 6) is 0.0575. The van der Waals surface area contributed by atoms with E-state index in [-0.39, 0.29) is 25.7 Å². The largest absolute Gasteiger partial charge is 0.472 e. The van der Waals surface area contributed by atoms with E-state index in [0.717, 1.165) is 127 Å². The number of carbonyl (C=O) groups is 4. The van der Waals surface area contributed by atoms with Gasteiger partial charge >= 0.3 is 39.5 Å². The van der Waals surface area contributed by atoms with Gasteiger partial charge in [0.25, 0.3) is 0 Å². The van der Waals surface area contributed by atoms with Crippen LogP contribution in [0.25, 0.3) is 0 Å². The molecule has 3 N–H and O–H groups in total. The molecule has 93 heavy (non-hydrogen) atoms. The van der Waals surface area contributed by atoms with Crippen LogP contribution in [0, 0.1) is 17.8 Å². The molecule has 0 rings (SSSR count). The van der Waals surface area contributed by atoms with Crippen molar-refractivity contribution < 1.29 is 80.2 Å². The number of carbonyl (C=O) groups excluding carboxylic acids is 4. The highest BCUT2D eigenvalue weighted by Crippen LogP contribution is 2.45. The summed E-state index contributed by atoms with van der Waals surface area (Å²) in [6.07, 6.45) is 52.4. The maximum absolute atomic E-state index is 13.0. The molecule has 0 aliphatic rings. The average Bonchev–Trinajstić information content (AvgIpc) is 3.30. The third-order valence-electron chi connectivity index (χ3n) is 16.9. The molecular formula is C74H140O17P2. The molecule has 0 heterocycles. The van der Waals surface area contributed by atoms with Crippen LogP contribution in [0.3, 0.4) is 0 Å². The Labute approximate surface area is 567 Å². The summed E-state index contributed by atoms with van der Waals surface area (Å²) in [4.78, 5) is 72.6. The summed E-state index contributed by atoms with van der Waals surface area (Å²) < 4.78 is 68.3. The molecule has 0 aromatic heterocycles. The summed E-state index contributed by atoms with van der Waals surface area (Å²) in [6, 6.07) is 0. The molecule has 0 aromatic rings. The summed E-state index contributed by atoms with van der Waals surface area (Å²) >= 11 is 0. The van der Waals surface area contributed by atoms with E-state index in [4.69, 9.17) is 37.0 Å². The summed E-state index contributed by atoms with van der Waals surface area (Å²) in [6.45, 7) is 11.7. The van der Waals surface area contributed by atoms with Gasteiger partial charge in [-0.3, -0.25) is 37.3 Å². The lowest BCUT2D eigenvalue weighted by Gasteiger charge is -2.21. The molecule has 0 saturated carbocycles. The van der Waals surface area contributed by atoms with Crippen molar-refractivity contribution in [1.29, 1.82) is 0 Å². The fourth-order valence-electron chi connectivity index (χ4n) is 10.7. The molecule has 0 spiro atoms. The van der Waals surface area contributed by atoms with Crippen LogP contribution in [-0.4, -0.2) is 96.7 Å². The standard InChI is InChI=1S/C74H140O17P2/c1-8-10-11-12-13-14-15-16-19-23-26-29-32-43-50-57-74(79)91-70(62-85-72(77)56-49-42-37-35-40-47-54-67(7)9-2)64-89-93(82,83)87-60-68(75)59-86-92(80,81)88-63-69(61-84-71(76)55-48-41-36-34-39-46-53-66(5)6)90-73(78)58-51-44-33-30-27-24-21-18-17-20-22-25-28-31-38-45-52-65(3)4/h14-16,19,65-70,75H,8-13,17-18,20-64H2,1-7H3,(H,80,81)(H,82,83)/b15-14-,19-16-/t67?,68?,69-,70-/m1/s1. The molecule has 6 atom stereocenters. The molecule has 17 nitrogen and oxygen atoms in total. The zero-order valence-corrected chi connectivity index (χ0v) is 62.0. The molecule has 0 saturated heterocycles. The van der Waals surface area contributed by atoms with E-state index in [1.165, 1.54) is 135 Å². The fourth-order valence-corrected chi connectivity index (χ4v) is 12.3. The number of rotatable bonds is 70. The number of esters is 4. The number of phosphoric acid groups is 2. The Kier molecular flexibility index (Phi) is 62.5. The van der Waals surface area contributed by atoms with Gasteiger partial charge in [-0.15, -0.1) is 0 Å². The number of aliphatic hydroxyl groups is 1. The van der Waals surface area contributed by atoms with Crippen molar-refractivity contribution in [2.75, 3.05) is 39.6 Å². The Balaban J connectivity index is 5.23. The van der Waals surface area contributed by atoms with E-state index in [1.807, 2.05) is 0 Å². The van der Waals surface area contributed by atoms with E-state index in [0.29, 0.717) is 31.6 Å². The normalized spacial score (nSPS) is 14.6. The Morgan fingerprint density at radius 1 is 0.355 bits per heavy atom. The molecule has 19 heteroatoms. The van der Waals surface area contributed by atoms with Crippen LogP contribution in [-0.2, 0) is 65.4 Å². The van der Waals surface area contributed by atoms with Crippen LogP contribution in [0.1, 0.15) is 350 Å². The topological polar surface area (TPSA) is 237 Å². The predicted octanol–water partition coefficient (Wildman–Crippen LogP) is 21.0. The molecule has 0 amide bonds. The monoisotopic (exact) mass is 1360 g/mol. The summed E-state index contributed by atoms with van der Waals surface area (Å²) in [7, 11) is -9.92. The molecule has 4 unspecified atom stereocenters. The van der Waals surface area contributed by atoms with Gasteiger partial charge in [0.1, 0.15) is 19.3 Å². The lowest BCUT2D eigenvalue weighted by atomic mass is 10.00. The van der Waals surface area contributed by atoms with E-state index < -0.39 is 97.5 Å². The minimum Gasteiger partial charge on any atom is -0.462 e. The summed E-state index contributed by atoms with van der Waals surface area (Å²) in [5, 5.41) is 10.6. The van der Waals surface area contributed by atoms with E-state index >= 15 is 0 Å². The van der Waals surface area contributed by atoms with E-state index in [9.17, 15) is 43.2 Å². The van der Waals surface area contributed by atoms with Crippen molar-refractivity contribution in [3.05, 3.63) is 24.3 Å². The molecule has 0 aromatic carbocycles. The van der Waals surface area contributed by atoms with Crippen molar-refractivity contribution >= 4 is 39.5 Å². The summed E-state index contributed by atoms with van der Waals surface area (Å²) in [5.41, 5.74) is 0. The number of aliphatic hydroxyl groups excluding tert-OH is 1. The number of hydrogen-bond donors (Lipinski definition) is 3. The first-order chi connectivity index (χ1) is 44.8. The Hall–Kier alpha value is -2.46. The number of phosphoric ester groups is 2. The first-order valence-corrected chi connectivity index (χ1v) is 40.7. The number of unbranched alkanes of at least 4 members (excludes halogenated alkanes) is 34. The van der Waals surface area contributed by atoms with Gasteiger partial charge in [-0.2, -0.15) is 0 Å². The van der Waals surface area contributed by atoms with Gasteiger partial charge in [0.2, 0.25) is 0 Å². The molecule has 0 fully saturated rings. The van der Waals surface area contributed by atoms with Gasteiger partial charge in [0, 0.05) is 25.7 Å². The van der Waals surface area contributed by atoms with Crippen molar-refractivity contribution in [2.24, 2.45) is 17.8 Å². The highest BCUT2D eigenvalue weighted by Gasteiger charge is 2.30. The smallest absolute Gasteiger partial charge is 0.462 e. The van der Waals surface area contributed by atoms with Gasteiger partial charge in [0.15, 0.2) is 12.2 Å². The number of allylic oxidation sites excluding steroid dienone is 4. The average molecular weight is 1360 g/mol. The molecule has 0 aliphatic heterocycles. The molecular weight excluding hydrogens is 1220 g/mol. The van der Waals surface area contributed by atoms with Crippen LogP contribution >= 0.6 is 15.6 Å². The molecule has 0 radical (unpaired) electrons. The van der Waals surface area contributed by atoms with Crippen LogP contribution < -0.4 is 0 Å². The van der Waals surface area contributed by atoms with Crippen LogP contribution in [0.4, 0.5) is 0 Å². The lowest BCUT2D eigenvalue weighted by molar-refractivity contribution is -0.161. The van der Waals surface area contributed by atoms with Gasteiger partial charge < -0.3 is 33.8 Å². The first kappa shape index (κ1) is 90.5. The molecule has 548 valence electrons. The second-order valence-corrected chi connectivity index (χ2v) is 30.1. The first-order valence-electron chi connectivity index (χ1n) is 37.7. The Bertz CT molecular complexity index is 1910. The lowest BCUT2D eigenvalue weighted by Crippen LogP contribution is -2.30. The third kappa shape index (κ3) is 66.6. The predicted molar refractivity (Wildman–Crippen MR) is 377 cm³/mol. The minimum absolute atomic E-state index is 0.0837. The second-order valence-electron chi connectivity index (χ2n) is 27.2. The second kappa shape index (κ2) is 64.2. The molecule has 0 bridgehead atoms. The van der Waals surface area contributed by atoms with Crippen LogP contribution in [0.5, 0.6) is 0 Å². The van der Waals surface area contributed by atoms with Crippen LogP contribution in [0.2, 0.25) is 0 Å². The zero-order chi connectivity index (χ0) is 68.7. The SMILES string of the molecule is CCCCCC/C=C\C=C/CCCCCCCC(=O)O[C@H](COC(=O)CCCCCCCCC(C)CC)COP(=O)(O)OCC(O)COP(=O)(O)OC[C@@H](COC(=O)CCCCCCCCC(C)C)OC(=O)CCCCCCCCCCCCCCCCCCC(C)C. The van der Waals surface area contributed by atoms with Crippen molar-refractivity contribution in [2.45, 2.75) is 369 Å². The van der Waals surface area contributed by atoms with Crippen molar-refractivity contribution in [3.63, 3.8) is 0 Å². The zero-order valence-electron chi connectivity index (χ0n) is 60.2. The van der Waals surface area contributed by atoms with Crippen molar-refractivity contribution in [1.82, 2.24) is 0 Å². The van der Waals surface area contributed by atoms with Gasteiger partial charge in [-0.25, -0.2) is 9.13 Å². The van der Waals surface area contributed by atoms with Gasteiger partial charge in [0.05, 0.1) is 26.4 Å². The number of hydrogen-bond acceptors (Lipinski definition) is 15. The van der Waals surface area contributed by atoms with Gasteiger partial charge in [-0.05, 0) is 69.1 Å². The van der Waals surface area contributed by atoms with Crippen molar-refractivity contribution in [3.8, 4) is 0 Å². The maximum Gasteiger partial charge on any atom is 0.472 e. The quantitative estimate of drug-likeness (QED) is 0.0169.